The Morgan fingerprint density at radius 2 is 1.71 bits per heavy atom. The van der Waals surface area contributed by atoms with Crippen LogP contribution in [0.4, 0.5) is 5.69 Å². The van der Waals surface area contributed by atoms with Crippen LogP contribution in [0.2, 0.25) is 0 Å². The SMILES string of the molecule is CCc1cccc2c(C(CC(=O)Nc3ccc(C)c(C)c3)c3cccc(OCc4ccccc4)c3)c[nH]c12. The van der Waals surface area contributed by atoms with Crippen molar-refractivity contribution >= 4 is 22.5 Å². The number of aromatic nitrogens is 1. The highest BCUT2D eigenvalue weighted by Crippen LogP contribution is 2.36. The van der Waals surface area contributed by atoms with Crippen LogP contribution < -0.4 is 10.1 Å². The summed E-state index contributed by atoms with van der Waals surface area (Å²) < 4.78 is 6.14. The van der Waals surface area contributed by atoms with E-state index in [0.29, 0.717) is 13.0 Å². The molecule has 0 aliphatic carbocycles. The molecule has 0 bridgehead atoms. The zero-order valence-electron chi connectivity index (χ0n) is 22.3. The number of nitrogens with one attached hydrogen (secondary N) is 2. The van der Waals surface area contributed by atoms with Gasteiger partial charge in [0.25, 0.3) is 0 Å². The van der Waals surface area contributed by atoms with Gasteiger partial charge < -0.3 is 15.0 Å². The zero-order chi connectivity index (χ0) is 26.5. The van der Waals surface area contributed by atoms with Crippen molar-refractivity contribution < 1.29 is 9.53 Å². The van der Waals surface area contributed by atoms with E-state index in [1.165, 1.54) is 11.1 Å². The second kappa shape index (κ2) is 11.4. The van der Waals surface area contributed by atoms with Crippen LogP contribution in [0.15, 0.2) is 97.2 Å². The summed E-state index contributed by atoms with van der Waals surface area (Å²) in [5.74, 6) is 0.637. The summed E-state index contributed by atoms with van der Waals surface area (Å²) in [6, 6.07) is 30.7. The fourth-order valence-corrected chi connectivity index (χ4v) is 5.01. The molecule has 4 aromatic carbocycles. The largest absolute Gasteiger partial charge is 0.489 e. The molecule has 0 aliphatic rings. The van der Waals surface area contributed by atoms with Gasteiger partial charge in [-0.25, -0.2) is 0 Å². The molecule has 1 atom stereocenters. The van der Waals surface area contributed by atoms with Crippen molar-refractivity contribution in [2.24, 2.45) is 0 Å². The van der Waals surface area contributed by atoms with E-state index in [-0.39, 0.29) is 11.8 Å². The van der Waals surface area contributed by atoms with E-state index in [4.69, 9.17) is 4.74 Å². The second-order valence-corrected chi connectivity index (χ2v) is 9.89. The second-order valence-electron chi connectivity index (χ2n) is 9.89. The minimum Gasteiger partial charge on any atom is -0.489 e. The first-order valence-corrected chi connectivity index (χ1v) is 13.2. The number of H-pyrrole nitrogens is 1. The lowest BCUT2D eigenvalue weighted by Gasteiger charge is -2.19. The van der Waals surface area contributed by atoms with Gasteiger partial charge in [-0.2, -0.15) is 0 Å². The lowest BCUT2D eigenvalue weighted by Crippen LogP contribution is -2.16. The van der Waals surface area contributed by atoms with Crippen molar-refractivity contribution in [3.8, 4) is 5.75 Å². The fourth-order valence-electron chi connectivity index (χ4n) is 5.01. The molecule has 1 amide bonds. The molecule has 0 spiro atoms. The molecule has 38 heavy (non-hydrogen) atoms. The number of para-hydroxylation sites is 1. The Kier molecular flexibility index (Phi) is 7.60. The molecule has 0 radical (unpaired) electrons. The fraction of sp³-hybridized carbons (Fsp3) is 0.206. The summed E-state index contributed by atoms with van der Waals surface area (Å²) >= 11 is 0. The summed E-state index contributed by atoms with van der Waals surface area (Å²) in [5, 5.41) is 4.28. The normalized spacial score (nSPS) is 11.9. The van der Waals surface area contributed by atoms with Gasteiger partial charge in [-0.15, -0.1) is 0 Å². The van der Waals surface area contributed by atoms with Crippen molar-refractivity contribution in [2.45, 2.75) is 46.1 Å². The number of hydrogen-bond acceptors (Lipinski definition) is 2. The van der Waals surface area contributed by atoms with E-state index in [2.05, 4.69) is 79.7 Å². The molecule has 2 N–H and O–H groups in total. The van der Waals surface area contributed by atoms with Gasteiger partial charge in [-0.3, -0.25) is 4.79 Å². The van der Waals surface area contributed by atoms with Crippen molar-refractivity contribution in [1.82, 2.24) is 4.98 Å². The summed E-state index contributed by atoms with van der Waals surface area (Å²) in [4.78, 5) is 16.9. The number of carbonyl (C=O) groups is 1. The Balaban J connectivity index is 1.47. The molecule has 1 unspecified atom stereocenters. The molecular formula is C34H34N2O2. The molecule has 0 saturated heterocycles. The van der Waals surface area contributed by atoms with Crippen LogP contribution in [0.5, 0.6) is 5.75 Å². The van der Waals surface area contributed by atoms with E-state index >= 15 is 0 Å². The third kappa shape index (κ3) is 5.65. The summed E-state index contributed by atoms with van der Waals surface area (Å²) in [7, 11) is 0. The minimum atomic E-state index is -0.136. The molecule has 0 aliphatic heterocycles. The number of aromatic amines is 1. The number of hydrogen-bond donors (Lipinski definition) is 2. The molecule has 1 heterocycles. The number of fused-ring (bicyclic) bond motifs is 1. The average Bonchev–Trinajstić information content (AvgIpc) is 3.37. The van der Waals surface area contributed by atoms with Crippen molar-refractivity contribution in [1.29, 1.82) is 0 Å². The van der Waals surface area contributed by atoms with Gasteiger partial charge in [0, 0.05) is 35.1 Å². The lowest BCUT2D eigenvalue weighted by atomic mass is 9.87. The third-order valence-electron chi connectivity index (χ3n) is 7.28. The van der Waals surface area contributed by atoms with Crippen molar-refractivity contribution in [3.05, 3.63) is 131 Å². The highest BCUT2D eigenvalue weighted by atomic mass is 16.5. The monoisotopic (exact) mass is 502 g/mol. The average molecular weight is 503 g/mol. The molecule has 0 saturated carbocycles. The minimum absolute atomic E-state index is 0.0187. The Morgan fingerprint density at radius 1 is 0.895 bits per heavy atom. The number of benzene rings is 4. The summed E-state index contributed by atoms with van der Waals surface area (Å²) in [6.07, 6.45) is 3.33. The Morgan fingerprint density at radius 3 is 2.50 bits per heavy atom. The van der Waals surface area contributed by atoms with Gasteiger partial charge in [0.1, 0.15) is 12.4 Å². The standard InChI is InChI=1S/C34H34N2O2/c1-4-26-12-9-15-30-32(21-35-34(26)30)31(20-33(37)36-28-17-16-23(2)24(3)18-28)27-13-8-14-29(19-27)38-22-25-10-6-5-7-11-25/h5-19,21,31,35H,4,20,22H2,1-3H3,(H,36,37). The topological polar surface area (TPSA) is 54.1 Å². The van der Waals surface area contributed by atoms with Crippen LogP contribution in [0, 0.1) is 13.8 Å². The van der Waals surface area contributed by atoms with Crippen molar-refractivity contribution in [3.63, 3.8) is 0 Å². The molecule has 0 fully saturated rings. The van der Waals surface area contributed by atoms with Crippen LogP contribution in [0.25, 0.3) is 10.9 Å². The molecule has 4 heteroatoms. The Bertz CT molecular complexity index is 1550. The van der Waals surface area contributed by atoms with Crippen LogP contribution in [-0.4, -0.2) is 10.9 Å². The third-order valence-corrected chi connectivity index (χ3v) is 7.28. The molecule has 5 aromatic rings. The van der Waals surface area contributed by atoms with Crippen LogP contribution in [0.3, 0.4) is 0 Å². The van der Waals surface area contributed by atoms with Gasteiger partial charge in [0.05, 0.1) is 0 Å². The maximum absolute atomic E-state index is 13.4. The van der Waals surface area contributed by atoms with Crippen molar-refractivity contribution in [2.75, 3.05) is 5.32 Å². The number of carbonyl (C=O) groups excluding carboxylic acids is 1. The summed E-state index contributed by atoms with van der Waals surface area (Å²) in [5.41, 5.74) is 8.88. The van der Waals surface area contributed by atoms with E-state index in [1.807, 2.05) is 48.5 Å². The van der Waals surface area contributed by atoms with Gasteiger partial charge >= 0.3 is 0 Å². The van der Waals surface area contributed by atoms with E-state index in [9.17, 15) is 4.79 Å². The first-order chi connectivity index (χ1) is 18.5. The van der Waals surface area contributed by atoms with E-state index in [0.717, 1.165) is 51.0 Å². The zero-order valence-corrected chi connectivity index (χ0v) is 22.3. The number of ether oxygens (including phenoxy) is 1. The summed E-state index contributed by atoms with van der Waals surface area (Å²) in [6.45, 7) is 6.80. The van der Waals surface area contributed by atoms with Crippen LogP contribution in [-0.2, 0) is 17.8 Å². The number of rotatable bonds is 9. The van der Waals surface area contributed by atoms with Crippen LogP contribution in [0.1, 0.15) is 52.6 Å². The number of amides is 1. The predicted octanol–water partition coefficient (Wildman–Crippen LogP) is 8.09. The maximum atomic E-state index is 13.4. The van der Waals surface area contributed by atoms with Gasteiger partial charge in [-0.1, -0.05) is 73.7 Å². The van der Waals surface area contributed by atoms with Gasteiger partial charge in [-0.05, 0) is 77.9 Å². The lowest BCUT2D eigenvalue weighted by molar-refractivity contribution is -0.116. The quantitative estimate of drug-likeness (QED) is 0.214. The predicted molar refractivity (Wildman–Crippen MR) is 156 cm³/mol. The first kappa shape index (κ1) is 25.3. The Labute approximate surface area is 224 Å². The number of aryl methyl sites for hydroxylation is 3. The first-order valence-electron chi connectivity index (χ1n) is 13.2. The molecule has 5 rings (SSSR count). The number of anilines is 1. The van der Waals surface area contributed by atoms with E-state index in [1.54, 1.807) is 0 Å². The highest BCUT2D eigenvalue weighted by Gasteiger charge is 2.23. The maximum Gasteiger partial charge on any atom is 0.225 e. The van der Waals surface area contributed by atoms with Gasteiger partial charge in [0.15, 0.2) is 0 Å². The molecule has 4 nitrogen and oxygen atoms in total. The molecular weight excluding hydrogens is 468 g/mol. The smallest absolute Gasteiger partial charge is 0.225 e. The molecule has 192 valence electrons. The highest BCUT2D eigenvalue weighted by molar-refractivity contribution is 5.93. The van der Waals surface area contributed by atoms with E-state index < -0.39 is 0 Å². The van der Waals surface area contributed by atoms with Crippen LogP contribution >= 0.6 is 0 Å². The Hall–Kier alpha value is -4.31. The molecule has 1 aromatic heterocycles. The van der Waals surface area contributed by atoms with Gasteiger partial charge in [0.2, 0.25) is 5.91 Å².